The highest BCUT2D eigenvalue weighted by atomic mass is 32.2. The Balaban J connectivity index is 1.89. The van der Waals surface area contributed by atoms with E-state index in [1.807, 2.05) is 19.1 Å². The smallest absolute Gasteiger partial charge is 0.247 e. The molecule has 1 aromatic carbocycles. The van der Waals surface area contributed by atoms with E-state index in [0.29, 0.717) is 24.6 Å². The molecule has 0 bridgehead atoms. The molecule has 2 rings (SSSR count). The van der Waals surface area contributed by atoms with Gasteiger partial charge in [-0.15, -0.1) is 10.2 Å². The first-order chi connectivity index (χ1) is 11.0. The van der Waals surface area contributed by atoms with Crippen LogP contribution in [0.4, 0.5) is 0 Å². The quantitative estimate of drug-likeness (QED) is 0.751. The zero-order valence-electron chi connectivity index (χ0n) is 13.3. The van der Waals surface area contributed by atoms with E-state index < -0.39 is 10.0 Å². The monoisotopic (exact) mass is 339 g/mol. The Bertz CT molecular complexity index is 711. The summed E-state index contributed by atoms with van der Waals surface area (Å²) < 4.78 is 36.5. The van der Waals surface area contributed by atoms with Crippen LogP contribution in [0, 0.1) is 0 Å². The van der Waals surface area contributed by atoms with Gasteiger partial charge in [0.1, 0.15) is 5.75 Å². The highest BCUT2D eigenvalue weighted by Crippen LogP contribution is 2.21. The van der Waals surface area contributed by atoms with Crippen LogP contribution in [-0.2, 0) is 16.4 Å². The van der Waals surface area contributed by atoms with Gasteiger partial charge in [-0.3, -0.25) is 0 Å². The summed E-state index contributed by atoms with van der Waals surface area (Å²) in [5.41, 5.74) is 0.785. The third kappa shape index (κ3) is 5.33. The molecule has 1 N–H and O–H groups in total. The van der Waals surface area contributed by atoms with E-state index in [0.717, 1.165) is 17.7 Å². The SMILES string of the molecule is CCCCS(=O)(=O)NCCc1nnc(-c2ccc(OC)cc2)o1. The molecule has 23 heavy (non-hydrogen) atoms. The van der Waals surface area contributed by atoms with E-state index >= 15 is 0 Å². The zero-order valence-corrected chi connectivity index (χ0v) is 14.1. The van der Waals surface area contributed by atoms with E-state index in [1.54, 1.807) is 19.2 Å². The van der Waals surface area contributed by atoms with Gasteiger partial charge in [-0.2, -0.15) is 0 Å². The van der Waals surface area contributed by atoms with Gasteiger partial charge < -0.3 is 9.15 Å². The van der Waals surface area contributed by atoms with Crippen molar-refractivity contribution in [1.82, 2.24) is 14.9 Å². The lowest BCUT2D eigenvalue weighted by molar-refractivity contribution is 0.415. The molecule has 0 atom stereocenters. The maximum atomic E-state index is 11.7. The number of benzene rings is 1. The molecular weight excluding hydrogens is 318 g/mol. The number of hydrogen-bond acceptors (Lipinski definition) is 6. The van der Waals surface area contributed by atoms with Crippen molar-refractivity contribution in [2.75, 3.05) is 19.4 Å². The molecule has 2 aromatic rings. The number of methoxy groups -OCH3 is 1. The average molecular weight is 339 g/mol. The fourth-order valence-corrected chi connectivity index (χ4v) is 3.15. The van der Waals surface area contributed by atoms with Crippen molar-refractivity contribution in [3.8, 4) is 17.2 Å². The van der Waals surface area contributed by atoms with Gasteiger partial charge in [0.15, 0.2) is 0 Å². The third-order valence-corrected chi connectivity index (χ3v) is 4.70. The normalized spacial score (nSPS) is 11.6. The molecule has 126 valence electrons. The first kappa shape index (κ1) is 17.4. The number of sulfonamides is 1. The molecule has 0 unspecified atom stereocenters. The average Bonchev–Trinajstić information content (AvgIpc) is 3.02. The van der Waals surface area contributed by atoms with E-state index in [2.05, 4.69) is 14.9 Å². The standard InChI is InChI=1S/C15H21N3O4S/c1-3-4-11-23(19,20)16-10-9-14-17-18-15(22-14)12-5-7-13(21-2)8-6-12/h5-8,16H,3-4,9-11H2,1-2H3. The largest absolute Gasteiger partial charge is 0.497 e. The first-order valence-corrected chi connectivity index (χ1v) is 9.13. The van der Waals surface area contributed by atoms with E-state index in [9.17, 15) is 8.42 Å². The second-order valence-corrected chi connectivity index (χ2v) is 6.97. The maximum absolute atomic E-state index is 11.7. The molecule has 0 saturated heterocycles. The Morgan fingerprint density at radius 1 is 1.22 bits per heavy atom. The van der Waals surface area contributed by atoms with Gasteiger partial charge in [0.25, 0.3) is 0 Å². The zero-order chi connectivity index (χ0) is 16.7. The number of nitrogens with zero attached hydrogens (tertiary/aromatic N) is 2. The highest BCUT2D eigenvalue weighted by Gasteiger charge is 2.12. The van der Waals surface area contributed by atoms with Crippen LogP contribution in [0.5, 0.6) is 5.75 Å². The third-order valence-electron chi connectivity index (χ3n) is 3.23. The summed E-state index contributed by atoms with van der Waals surface area (Å²) >= 11 is 0. The molecule has 7 nitrogen and oxygen atoms in total. The van der Waals surface area contributed by atoms with Gasteiger partial charge >= 0.3 is 0 Å². The van der Waals surface area contributed by atoms with Crippen molar-refractivity contribution in [3.63, 3.8) is 0 Å². The molecule has 0 aliphatic carbocycles. The summed E-state index contributed by atoms with van der Waals surface area (Å²) in [5, 5.41) is 7.91. The van der Waals surface area contributed by atoms with Crippen molar-refractivity contribution < 1.29 is 17.6 Å². The first-order valence-electron chi connectivity index (χ1n) is 7.48. The minimum atomic E-state index is -3.22. The van der Waals surface area contributed by atoms with Crippen LogP contribution in [0.3, 0.4) is 0 Å². The summed E-state index contributed by atoms with van der Waals surface area (Å²) in [7, 11) is -1.62. The second-order valence-electron chi connectivity index (χ2n) is 5.05. The molecule has 0 amide bonds. The Hall–Kier alpha value is -1.93. The second kappa shape index (κ2) is 8.07. The van der Waals surface area contributed by atoms with Gasteiger partial charge in [0.05, 0.1) is 12.9 Å². The molecule has 0 saturated carbocycles. The number of aromatic nitrogens is 2. The number of ether oxygens (including phenoxy) is 1. The molecule has 1 heterocycles. The molecule has 0 radical (unpaired) electrons. The minimum absolute atomic E-state index is 0.143. The number of nitrogens with one attached hydrogen (secondary N) is 1. The van der Waals surface area contributed by atoms with Gasteiger partial charge in [-0.1, -0.05) is 13.3 Å². The lowest BCUT2D eigenvalue weighted by Crippen LogP contribution is -2.28. The molecule has 0 spiro atoms. The van der Waals surface area contributed by atoms with E-state index in [4.69, 9.17) is 9.15 Å². The van der Waals surface area contributed by atoms with Crippen LogP contribution in [-0.4, -0.2) is 38.0 Å². The van der Waals surface area contributed by atoms with Crippen molar-refractivity contribution in [2.45, 2.75) is 26.2 Å². The Morgan fingerprint density at radius 3 is 2.61 bits per heavy atom. The predicted molar refractivity (Wildman–Crippen MR) is 86.7 cm³/mol. The number of rotatable bonds is 9. The maximum Gasteiger partial charge on any atom is 0.247 e. The lowest BCUT2D eigenvalue weighted by Gasteiger charge is -2.04. The van der Waals surface area contributed by atoms with Gasteiger partial charge in [-0.05, 0) is 30.7 Å². The summed E-state index contributed by atoms with van der Waals surface area (Å²) in [6.45, 7) is 2.20. The van der Waals surface area contributed by atoms with Crippen molar-refractivity contribution >= 4 is 10.0 Å². The molecular formula is C15H21N3O4S. The Kier molecular flexibility index (Phi) is 6.12. The van der Waals surface area contributed by atoms with Crippen LogP contribution in [0.25, 0.3) is 11.5 Å². The lowest BCUT2D eigenvalue weighted by atomic mass is 10.2. The van der Waals surface area contributed by atoms with Crippen LogP contribution in [0.15, 0.2) is 28.7 Å². The van der Waals surface area contributed by atoms with Crippen LogP contribution >= 0.6 is 0 Å². The van der Waals surface area contributed by atoms with Crippen molar-refractivity contribution in [3.05, 3.63) is 30.2 Å². The number of hydrogen-bond donors (Lipinski definition) is 1. The van der Waals surface area contributed by atoms with Crippen molar-refractivity contribution in [1.29, 1.82) is 0 Å². The van der Waals surface area contributed by atoms with Gasteiger partial charge in [-0.25, -0.2) is 13.1 Å². The van der Waals surface area contributed by atoms with E-state index in [1.165, 1.54) is 0 Å². The van der Waals surface area contributed by atoms with Crippen LogP contribution in [0.2, 0.25) is 0 Å². The highest BCUT2D eigenvalue weighted by molar-refractivity contribution is 7.89. The molecule has 8 heteroatoms. The van der Waals surface area contributed by atoms with Gasteiger partial charge in [0, 0.05) is 18.5 Å². The molecule has 1 aromatic heterocycles. The summed E-state index contributed by atoms with van der Waals surface area (Å²) in [5.74, 6) is 1.69. The molecule has 0 aliphatic heterocycles. The number of unbranched alkanes of at least 4 members (excludes halogenated alkanes) is 1. The molecule has 0 aliphatic rings. The summed E-state index contributed by atoms with van der Waals surface area (Å²) in [6.07, 6.45) is 1.85. The van der Waals surface area contributed by atoms with Gasteiger partial charge in [0.2, 0.25) is 21.8 Å². The minimum Gasteiger partial charge on any atom is -0.497 e. The Labute approximate surface area is 136 Å². The molecule has 0 fully saturated rings. The fraction of sp³-hybridized carbons (Fsp3) is 0.467. The van der Waals surface area contributed by atoms with Crippen LogP contribution in [0.1, 0.15) is 25.7 Å². The summed E-state index contributed by atoms with van der Waals surface area (Å²) in [4.78, 5) is 0. The fourth-order valence-electron chi connectivity index (χ4n) is 1.92. The Morgan fingerprint density at radius 2 is 1.96 bits per heavy atom. The summed E-state index contributed by atoms with van der Waals surface area (Å²) in [6, 6.07) is 7.26. The van der Waals surface area contributed by atoms with E-state index in [-0.39, 0.29) is 12.3 Å². The predicted octanol–water partition coefficient (Wildman–Crippen LogP) is 2.01. The van der Waals surface area contributed by atoms with Crippen molar-refractivity contribution in [2.24, 2.45) is 0 Å². The topological polar surface area (TPSA) is 94.3 Å². The van der Waals surface area contributed by atoms with Crippen LogP contribution < -0.4 is 9.46 Å².